The van der Waals surface area contributed by atoms with Crippen LogP contribution in [0.15, 0.2) is 36.5 Å². The van der Waals surface area contributed by atoms with Crippen LogP contribution in [0.1, 0.15) is 28.7 Å². The molecule has 7 nitrogen and oxygen atoms in total. The first-order valence-electron chi connectivity index (χ1n) is 9.83. The Balaban J connectivity index is 1.31. The molecule has 8 heteroatoms. The topological polar surface area (TPSA) is 68.2 Å². The van der Waals surface area contributed by atoms with E-state index in [1.165, 1.54) is 5.56 Å². The van der Waals surface area contributed by atoms with Gasteiger partial charge in [-0.3, -0.25) is 14.7 Å². The average Bonchev–Trinajstić information content (AvgIpc) is 3.30. The van der Waals surface area contributed by atoms with Crippen molar-refractivity contribution in [3.8, 4) is 5.75 Å². The Morgan fingerprint density at radius 1 is 1.34 bits per heavy atom. The zero-order valence-corrected chi connectivity index (χ0v) is 17.5. The van der Waals surface area contributed by atoms with Crippen LogP contribution in [0.5, 0.6) is 5.75 Å². The van der Waals surface area contributed by atoms with Gasteiger partial charge in [-0.05, 0) is 25.1 Å². The van der Waals surface area contributed by atoms with Gasteiger partial charge in [0.2, 0.25) is 0 Å². The van der Waals surface area contributed by atoms with Crippen LogP contribution in [0.3, 0.4) is 0 Å². The first-order valence-corrected chi connectivity index (χ1v) is 10.2. The number of morpholine rings is 1. The third-order valence-electron chi connectivity index (χ3n) is 5.11. The van der Waals surface area contributed by atoms with Crippen molar-refractivity contribution >= 4 is 11.6 Å². The predicted molar refractivity (Wildman–Crippen MR) is 111 cm³/mol. The van der Waals surface area contributed by atoms with Crippen molar-refractivity contribution in [2.75, 3.05) is 26.3 Å². The van der Waals surface area contributed by atoms with E-state index < -0.39 is 0 Å². The van der Waals surface area contributed by atoms with E-state index in [-0.39, 0.29) is 6.10 Å². The third-order valence-corrected chi connectivity index (χ3v) is 5.42. The zero-order chi connectivity index (χ0) is 20.2. The Morgan fingerprint density at radius 3 is 3.00 bits per heavy atom. The van der Waals surface area contributed by atoms with Crippen molar-refractivity contribution < 1.29 is 9.47 Å². The van der Waals surface area contributed by atoms with E-state index in [0.29, 0.717) is 24.0 Å². The van der Waals surface area contributed by atoms with E-state index in [9.17, 15) is 0 Å². The summed E-state index contributed by atoms with van der Waals surface area (Å²) in [5.74, 6) is 0.700. The standard InChI is InChI=1S/C21H26ClN5O2/c1-15-16(12-26(2)25-15)13-27-8-10-29-21(14-27)19-11-17(23-24-19)7-9-28-20-6-4-3-5-18(20)22/h3-6,11-12,21H,7-10,13-14H2,1-2H3,(H,23,24)/t21-/m0/s1. The van der Waals surface area contributed by atoms with E-state index >= 15 is 0 Å². The summed E-state index contributed by atoms with van der Waals surface area (Å²) in [7, 11) is 1.96. The van der Waals surface area contributed by atoms with Crippen LogP contribution < -0.4 is 4.74 Å². The molecular weight excluding hydrogens is 390 g/mol. The Bertz CT molecular complexity index is 954. The highest BCUT2D eigenvalue weighted by Crippen LogP contribution is 2.24. The monoisotopic (exact) mass is 415 g/mol. The number of ether oxygens (including phenoxy) is 2. The SMILES string of the molecule is Cc1nn(C)cc1CN1CCO[C@H](c2cc(CCOc3ccccc3Cl)[nH]n2)C1. The summed E-state index contributed by atoms with van der Waals surface area (Å²) < 4.78 is 13.6. The second-order valence-electron chi connectivity index (χ2n) is 7.35. The number of hydrogen-bond donors (Lipinski definition) is 1. The maximum Gasteiger partial charge on any atom is 0.137 e. The van der Waals surface area contributed by atoms with Crippen molar-refractivity contribution in [3.05, 3.63) is 64.2 Å². The molecule has 1 aliphatic heterocycles. The summed E-state index contributed by atoms with van der Waals surface area (Å²) in [6.45, 7) is 5.88. The fourth-order valence-corrected chi connectivity index (χ4v) is 3.77. The van der Waals surface area contributed by atoms with Gasteiger partial charge >= 0.3 is 0 Å². The molecule has 1 N–H and O–H groups in total. The second kappa shape index (κ2) is 8.98. The van der Waals surface area contributed by atoms with Crippen LogP contribution >= 0.6 is 11.6 Å². The van der Waals surface area contributed by atoms with Gasteiger partial charge in [0.1, 0.15) is 11.9 Å². The number of rotatable bonds is 7. The van der Waals surface area contributed by atoms with Gasteiger partial charge in [0, 0.05) is 50.6 Å². The molecule has 4 rings (SSSR count). The minimum absolute atomic E-state index is 0.0322. The van der Waals surface area contributed by atoms with Crippen LogP contribution in [-0.2, 0) is 24.8 Å². The van der Waals surface area contributed by atoms with Crippen molar-refractivity contribution in [2.45, 2.75) is 26.0 Å². The number of benzene rings is 1. The minimum atomic E-state index is -0.0322. The lowest BCUT2D eigenvalue weighted by Crippen LogP contribution is -2.38. The fourth-order valence-electron chi connectivity index (χ4n) is 3.58. The molecule has 0 amide bonds. The van der Waals surface area contributed by atoms with Gasteiger partial charge in [0.05, 0.1) is 29.6 Å². The number of para-hydroxylation sites is 1. The highest BCUT2D eigenvalue weighted by molar-refractivity contribution is 6.32. The lowest BCUT2D eigenvalue weighted by molar-refractivity contribution is -0.0350. The maximum atomic E-state index is 6.12. The van der Waals surface area contributed by atoms with Crippen LogP contribution in [0.4, 0.5) is 0 Å². The molecule has 1 saturated heterocycles. The van der Waals surface area contributed by atoms with Crippen molar-refractivity contribution in [2.24, 2.45) is 7.05 Å². The van der Waals surface area contributed by atoms with Crippen molar-refractivity contribution in [1.82, 2.24) is 24.9 Å². The highest BCUT2D eigenvalue weighted by atomic mass is 35.5. The first-order chi connectivity index (χ1) is 14.1. The number of nitrogens with zero attached hydrogens (tertiary/aromatic N) is 4. The lowest BCUT2D eigenvalue weighted by atomic mass is 10.1. The molecule has 1 fully saturated rings. The molecule has 1 aromatic carbocycles. The first kappa shape index (κ1) is 19.9. The van der Waals surface area contributed by atoms with Crippen LogP contribution in [0.25, 0.3) is 0 Å². The number of aromatic amines is 1. The minimum Gasteiger partial charge on any atom is -0.492 e. The molecular formula is C21H26ClN5O2. The molecule has 0 spiro atoms. The Hall–Kier alpha value is -2.35. The second-order valence-corrected chi connectivity index (χ2v) is 7.76. The van der Waals surface area contributed by atoms with Gasteiger partial charge < -0.3 is 9.47 Å². The molecule has 0 aliphatic carbocycles. The number of H-pyrrole nitrogens is 1. The maximum absolute atomic E-state index is 6.12. The molecule has 154 valence electrons. The van der Waals surface area contributed by atoms with Gasteiger partial charge in [-0.2, -0.15) is 10.2 Å². The molecule has 29 heavy (non-hydrogen) atoms. The molecule has 0 bridgehead atoms. The van der Waals surface area contributed by atoms with E-state index in [2.05, 4.69) is 39.4 Å². The van der Waals surface area contributed by atoms with Gasteiger partial charge in [-0.1, -0.05) is 23.7 Å². The smallest absolute Gasteiger partial charge is 0.137 e. The summed E-state index contributed by atoms with van der Waals surface area (Å²) >= 11 is 6.12. The Kier molecular flexibility index (Phi) is 6.18. The normalized spacial score (nSPS) is 17.6. The van der Waals surface area contributed by atoms with Gasteiger partial charge in [-0.25, -0.2) is 0 Å². The summed E-state index contributed by atoms with van der Waals surface area (Å²) in [5, 5.41) is 12.6. The third kappa shape index (κ3) is 4.98. The molecule has 3 heterocycles. The zero-order valence-electron chi connectivity index (χ0n) is 16.8. The van der Waals surface area contributed by atoms with E-state index in [0.717, 1.165) is 43.1 Å². The number of halogens is 1. The molecule has 1 atom stereocenters. The van der Waals surface area contributed by atoms with Gasteiger partial charge in [0.25, 0.3) is 0 Å². The summed E-state index contributed by atoms with van der Waals surface area (Å²) in [6, 6.07) is 9.56. The predicted octanol–water partition coefficient (Wildman–Crippen LogP) is 3.30. The number of nitrogens with one attached hydrogen (secondary N) is 1. The quantitative estimate of drug-likeness (QED) is 0.641. The lowest BCUT2D eigenvalue weighted by Gasteiger charge is -2.31. The average molecular weight is 416 g/mol. The molecule has 0 radical (unpaired) electrons. The largest absolute Gasteiger partial charge is 0.492 e. The van der Waals surface area contributed by atoms with E-state index in [1.807, 2.05) is 36.0 Å². The van der Waals surface area contributed by atoms with Crippen molar-refractivity contribution in [3.63, 3.8) is 0 Å². The Morgan fingerprint density at radius 2 is 2.21 bits per heavy atom. The fraction of sp³-hybridized carbons (Fsp3) is 0.429. The van der Waals surface area contributed by atoms with Crippen LogP contribution in [0.2, 0.25) is 5.02 Å². The van der Waals surface area contributed by atoms with Gasteiger partial charge in [0.15, 0.2) is 0 Å². The van der Waals surface area contributed by atoms with Crippen LogP contribution in [0, 0.1) is 6.92 Å². The van der Waals surface area contributed by atoms with Gasteiger partial charge in [-0.15, -0.1) is 0 Å². The Labute approximate surface area is 175 Å². The van der Waals surface area contributed by atoms with E-state index in [1.54, 1.807) is 0 Å². The number of hydrogen-bond acceptors (Lipinski definition) is 5. The highest BCUT2D eigenvalue weighted by Gasteiger charge is 2.25. The van der Waals surface area contributed by atoms with Crippen LogP contribution in [-0.4, -0.2) is 51.2 Å². The number of aromatic nitrogens is 4. The summed E-state index contributed by atoms with van der Waals surface area (Å²) in [5.41, 5.74) is 4.30. The molecule has 0 unspecified atom stereocenters. The summed E-state index contributed by atoms with van der Waals surface area (Å²) in [6.07, 6.45) is 2.78. The summed E-state index contributed by atoms with van der Waals surface area (Å²) in [4.78, 5) is 2.40. The van der Waals surface area contributed by atoms with E-state index in [4.69, 9.17) is 21.1 Å². The number of aryl methyl sites for hydroxylation is 2. The molecule has 1 aliphatic rings. The molecule has 0 saturated carbocycles. The molecule has 2 aromatic heterocycles. The molecule has 3 aromatic rings. The van der Waals surface area contributed by atoms with Crippen molar-refractivity contribution in [1.29, 1.82) is 0 Å².